The smallest absolute Gasteiger partial charge is 0.0957 e. The van der Waals surface area contributed by atoms with Crippen LogP contribution in [0.5, 0.6) is 0 Å². The summed E-state index contributed by atoms with van der Waals surface area (Å²) in [5, 5.41) is 5.80. The molecule has 3 rings (SSSR count). The molecule has 4 heteroatoms. The van der Waals surface area contributed by atoms with Crippen LogP contribution in [-0.2, 0) is 4.74 Å². The highest BCUT2D eigenvalue weighted by Gasteiger charge is 2.30. The molecule has 17 heavy (non-hydrogen) atoms. The number of ether oxygens (including phenoxy) is 1. The van der Waals surface area contributed by atoms with Crippen LogP contribution in [0.15, 0.2) is 15.9 Å². The summed E-state index contributed by atoms with van der Waals surface area (Å²) in [7, 11) is 0. The summed E-state index contributed by atoms with van der Waals surface area (Å²) in [4.78, 5) is 1.37. The van der Waals surface area contributed by atoms with Crippen LogP contribution in [0.3, 0.4) is 0 Å². The summed E-state index contributed by atoms with van der Waals surface area (Å²) in [6, 6.07) is 3.01. The van der Waals surface area contributed by atoms with E-state index in [0.29, 0.717) is 12.0 Å². The zero-order valence-electron chi connectivity index (χ0n) is 9.82. The lowest BCUT2D eigenvalue weighted by atomic mass is 9.93. The highest BCUT2D eigenvalue weighted by molar-refractivity contribution is 9.10. The molecule has 0 radical (unpaired) electrons. The fourth-order valence-electron chi connectivity index (χ4n) is 2.45. The topological polar surface area (TPSA) is 21.3 Å². The van der Waals surface area contributed by atoms with Gasteiger partial charge in [0.05, 0.1) is 6.10 Å². The molecule has 0 amide bonds. The Labute approximate surface area is 115 Å². The number of thiophene rings is 1. The molecule has 1 N–H and O–H groups in total. The van der Waals surface area contributed by atoms with E-state index in [4.69, 9.17) is 4.74 Å². The minimum Gasteiger partial charge on any atom is -0.372 e. The summed E-state index contributed by atoms with van der Waals surface area (Å²) < 4.78 is 7.17. The van der Waals surface area contributed by atoms with E-state index < -0.39 is 0 Å². The first-order valence-corrected chi connectivity index (χ1v) is 8.09. The molecule has 1 aliphatic carbocycles. The molecular weight excluding hydrogens is 298 g/mol. The van der Waals surface area contributed by atoms with Gasteiger partial charge in [-0.05, 0) is 47.7 Å². The molecule has 1 aromatic rings. The van der Waals surface area contributed by atoms with Crippen molar-refractivity contribution in [3.05, 3.63) is 20.8 Å². The van der Waals surface area contributed by atoms with Crippen molar-refractivity contribution in [2.75, 3.05) is 13.2 Å². The van der Waals surface area contributed by atoms with Gasteiger partial charge in [-0.15, -0.1) is 11.3 Å². The van der Waals surface area contributed by atoms with Crippen LogP contribution in [0.2, 0.25) is 0 Å². The van der Waals surface area contributed by atoms with Gasteiger partial charge in [-0.2, -0.15) is 0 Å². The van der Waals surface area contributed by atoms with Gasteiger partial charge in [0.2, 0.25) is 0 Å². The van der Waals surface area contributed by atoms with Crippen LogP contribution >= 0.6 is 27.3 Å². The minimum atomic E-state index is 0.311. The van der Waals surface area contributed by atoms with E-state index in [2.05, 4.69) is 32.7 Å². The molecule has 1 saturated carbocycles. The fraction of sp³-hybridized carbons (Fsp3) is 0.692. The Kier molecular flexibility index (Phi) is 3.85. The summed E-state index contributed by atoms with van der Waals surface area (Å²) in [5.41, 5.74) is 0. The van der Waals surface area contributed by atoms with E-state index in [0.717, 1.165) is 19.2 Å². The monoisotopic (exact) mass is 315 g/mol. The van der Waals surface area contributed by atoms with Gasteiger partial charge in [0.15, 0.2) is 0 Å². The van der Waals surface area contributed by atoms with Gasteiger partial charge in [-0.1, -0.05) is 0 Å². The zero-order chi connectivity index (χ0) is 11.7. The van der Waals surface area contributed by atoms with E-state index in [1.54, 1.807) is 0 Å². The molecule has 2 fully saturated rings. The van der Waals surface area contributed by atoms with Crippen LogP contribution < -0.4 is 5.32 Å². The Morgan fingerprint density at radius 2 is 2.29 bits per heavy atom. The van der Waals surface area contributed by atoms with Crippen molar-refractivity contribution in [1.82, 2.24) is 5.32 Å². The summed E-state index contributed by atoms with van der Waals surface area (Å²) in [6.45, 7) is 2.03. The molecule has 2 unspecified atom stereocenters. The van der Waals surface area contributed by atoms with Crippen molar-refractivity contribution in [3.8, 4) is 0 Å². The summed E-state index contributed by atoms with van der Waals surface area (Å²) in [6.07, 6.45) is 5.54. The van der Waals surface area contributed by atoms with Gasteiger partial charge in [-0.3, -0.25) is 0 Å². The number of rotatable bonds is 4. The Bertz CT molecular complexity index is 377. The maximum absolute atomic E-state index is 5.99. The number of hydrogen-bond acceptors (Lipinski definition) is 3. The third-order valence-electron chi connectivity index (χ3n) is 3.56. The predicted octanol–water partition coefficient (Wildman–Crippen LogP) is 3.73. The Hall–Kier alpha value is 0.1000. The first-order chi connectivity index (χ1) is 8.33. The second-order valence-corrected chi connectivity index (χ2v) is 6.90. The first kappa shape index (κ1) is 12.2. The van der Waals surface area contributed by atoms with Gasteiger partial charge in [0, 0.05) is 39.8 Å². The van der Waals surface area contributed by atoms with E-state index in [1.165, 1.54) is 35.0 Å². The second kappa shape index (κ2) is 5.39. The summed E-state index contributed by atoms with van der Waals surface area (Å²) in [5.74, 6) is 0.648. The molecule has 0 bridgehead atoms. The van der Waals surface area contributed by atoms with Crippen LogP contribution in [0.1, 0.15) is 36.7 Å². The largest absolute Gasteiger partial charge is 0.372 e. The molecule has 1 aliphatic heterocycles. The maximum Gasteiger partial charge on any atom is 0.0957 e. The molecular formula is C13H18BrNOS. The molecule has 94 valence electrons. The quantitative estimate of drug-likeness (QED) is 0.914. The van der Waals surface area contributed by atoms with Gasteiger partial charge in [-0.25, -0.2) is 0 Å². The number of hydrogen-bond donors (Lipinski definition) is 1. The molecule has 0 aromatic carbocycles. The average Bonchev–Trinajstić information content (AvgIpc) is 3.08. The molecule has 1 aromatic heterocycles. The molecule has 2 aliphatic rings. The van der Waals surface area contributed by atoms with Gasteiger partial charge < -0.3 is 10.1 Å². The maximum atomic E-state index is 5.99. The van der Waals surface area contributed by atoms with Crippen molar-refractivity contribution in [1.29, 1.82) is 0 Å². The van der Waals surface area contributed by atoms with E-state index in [-0.39, 0.29) is 0 Å². The third kappa shape index (κ3) is 3.11. The Morgan fingerprint density at radius 3 is 3.00 bits per heavy atom. The normalized spacial score (nSPS) is 29.5. The van der Waals surface area contributed by atoms with Crippen LogP contribution in [0.4, 0.5) is 0 Å². The standard InChI is InChI=1S/C13H18BrNOS/c14-10-6-12(17-8-10)13-9(2-1-5-16-13)7-15-11-3-4-11/h6,8-9,11,13,15H,1-5,7H2. The average molecular weight is 316 g/mol. The van der Waals surface area contributed by atoms with Crippen LogP contribution in [0, 0.1) is 5.92 Å². The highest BCUT2D eigenvalue weighted by Crippen LogP contribution is 2.37. The van der Waals surface area contributed by atoms with E-state index in [1.807, 2.05) is 11.3 Å². The van der Waals surface area contributed by atoms with Gasteiger partial charge >= 0.3 is 0 Å². The van der Waals surface area contributed by atoms with Crippen molar-refractivity contribution >= 4 is 27.3 Å². The van der Waals surface area contributed by atoms with Crippen molar-refractivity contribution in [3.63, 3.8) is 0 Å². The van der Waals surface area contributed by atoms with Gasteiger partial charge in [0.1, 0.15) is 0 Å². The Balaban J connectivity index is 1.65. The minimum absolute atomic E-state index is 0.311. The highest BCUT2D eigenvalue weighted by atomic mass is 79.9. The van der Waals surface area contributed by atoms with E-state index in [9.17, 15) is 0 Å². The van der Waals surface area contributed by atoms with Crippen LogP contribution in [0.25, 0.3) is 0 Å². The predicted molar refractivity (Wildman–Crippen MR) is 74.5 cm³/mol. The molecule has 0 spiro atoms. The molecule has 1 saturated heterocycles. The first-order valence-electron chi connectivity index (χ1n) is 6.42. The van der Waals surface area contributed by atoms with Crippen LogP contribution in [-0.4, -0.2) is 19.2 Å². The lowest BCUT2D eigenvalue weighted by Gasteiger charge is -2.31. The summed E-state index contributed by atoms with van der Waals surface area (Å²) >= 11 is 5.34. The zero-order valence-corrected chi connectivity index (χ0v) is 12.2. The molecule has 2 atom stereocenters. The Morgan fingerprint density at radius 1 is 1.41 bits per heavy atom. The SMILES string of the molecule is Brc1csc(C2OCCCC2CNC2CC2)c1. The third-order valence-corrected chi connectivity index (χ3v) is 5.31. The number of halogens is 1. The van der Waals surface area contributed by atoms with Crippen molar-refractivity contribution in [2.45, 2.75) is 37.8 Å². The lowest BCUT2D eigenvalue weighted by molar-refractivity contribution is -0.0257. The van der Waals surface area contributed by atoms with Gasteiger partial charge in [0.25, 0.3) is 0 Å². The fourth-order valence-corrected chi connectivity index (χ4v) is 4.03. The number of nitrogens with one attached hydrogen (secondary N) is 1. The lowest BCUT2D eigenvalue weighted by Crippen LogP contribution is -2.32. The van der Waals surface area contributed by atoms with Crippen molar-refractivity contribution in [2.24, 2.45) is 5.92 Å². The molecule has 2 heterocycles. The molecule has 2 nitrogen and oxygen atoms in total. The second-order valence-electron chi connectivity index (χ2n) is 5.04. The van der Waals surface area contributed by atoms with E-state index >= 15 is 0 Å². The van der Waals surface area contributed by atoms with Crippen molar-refractivity contribution < 1.29 is 4.74 Å².